The molecule has 1 aromatic carbocycles. The summed E-state index contributed by atoms with van der Waals surface area (Å²) in [7, 11) is 1.91. The summed E-state index contributed by atoms with van der Waals surface area (Å²) >= 11 is 0. The molecule has 2 rings (SSSR count). The second-order valence-corrected chi connectivity index (χ2v) is 6.95. The predicted octanol–water partition coefficient (Wildman–Crippen LogP) is 4.65. The third-order valence-electron chi connectivity index (χ3n) is 4.87. The van der Waals surface area contributed by atoms with E-state index >= 15 is 0 Å². The Hall–Kier alpha value is -2.30. The topological polar surface area (TPSA) is 53.2 Å². The zero-order valence-electron chi connectivity index (χ0n) is 16.9. The van der Waals surface area contributed by atoms with Crippen LogP contribution >= 0.6 is 0 Å². The maximum absolute atomic E-state index is 12.4. The molecule has 1 aromatic heterocycles. The van der Waals surface area contributed by atoms with Crippen LogP contribution in [-0.2, 0) is 18.2 Å². The highest BCUT2D eigenvalue weighted by molar-refractivity contribution is 5.89. The van der Waals surface area contributed by atoms with Gasteiger partial charge in [-0.15, -0.1) is 0 Å². The summed E-state index contributed by atoms with van der Waals surface area (Å²) in [5.41, 5.74) is 2.25. The molecule has 0 bridgehead atoms. The minimum atomic E-state index is -0.345. The highest BCUT2D eigenvalue weighted by Gasteiger charge is 2.11. The van der Waals surface area contributed by atoms with E-state index in [1.807, 2.05) is 11.7 Å². The van der Waals surface area contributed by atoms with Gasteiger partial charge in [-0.05, 0) is 44.0 Å². The summed E-state index contributed by atoms with van der Waals surface area (Å²) in [5, 5.41) is 0. The van der Waals surface area contributed by atoms with Crippen LogP contribution < -0.4 is 5.56 Å². The molecule has 0 spiro atoms. The van der Waals surface area contributed by atoms with Gasteiger partial charge in [0.25, 0.3) is 5.56 Å². The van der Waals surface area contributed by atoms with E-state index in [0.717, 1.165) is 24.2 Å². The van der Waals surface area contributed by atoms with Gasteiger partial charge in [0.15, 0.2) is 0 Å². The van der Waals surface area contributed by atoms with E-state index < -0.39 is 0 Å². The van der Waals surface area contributed by atoms with Gasteiger partial charge in [-0.3, -0.25) is 9.48 Å². The standard InChI is InChI=1S/C22H32N2O3/c1-4-6-7-8-9-10-11-12-20-17-21(25)24(23(20)3)19-15-13-18(14-16-19)22(26)27-5-2/h13-17H,4-12H2,1-3H3. The number of carbonyl (C=O) groups excluding carboxylic acids is 1. The van der Waals surface area contributed by atoms with Gasteiger partial charge in [-0.1, -0.05) is 45.4 Å². The van der Waals surface area contributed by atoms with Crippen LogP contribution in [0.1, 0.15) is 74.8 Å². The molecule has 0 aliphatic rings. The molecule has 0 amide bonds. The van der Waals surface area contributed by atoms with Crippen molar-refractivity contribution in [3.8, 4) is 5.69 Å². The van der Waals surface area contributed by atoms with Crippen LogP contribution in [0.5, 0.6) is 0 Å². The lowest BCUT2D eigenvalue weighted by Gasteiger charge is -2.11. The smallest absolute Gasteiger partial charge is 0.338 e. The maximum Gasteiger partial charge on any atom is 0.338 e. The SMILES string of the molecule is CCCCCCCCCc1cc(=O)n(-c2ccc(C(=O)OCC)cc2)n1C. The highest BCUT2D eigenvalue weighted by Crippen LogP contribution is 2.13. The Morgan fingerprint density at radius 3 is 2.22 bits per heavy atom. The van der Waals surface area contributed by atoms with E-state index in [4.69, 9.17) is 4.74 Å². The third-order valence-corrected chi connectivity index (χ3v) is 4.87. The normalized spacial score (nSPS) is 10.9. The Morgan fingerprint density at radius 2 is 1.59 bits per heavy atom. The number of hydrogen-bond acceptors (Lipinski definition) is 3. The number of benzene rings is 1. The molecule has 0 unspecified atom stereocenters. The number of unbranched alkanes of at least 4 members (excludes halogenated alkanes) is 6. The summed E-state index contributed by atoms with van der Waals surface area (Å²) in [5.74, 6) is -0.345. The van der Waals surface area contributed by atoms with E-state index in [1.165, 1.54) is 38.5 Å². The number of aryl methyl sites for hydroxylation is 1. The van der Waals surface area contributed by atoms with Crippen molar-refractivity contribution in [1.29, 1.82) is 0 Å². The molecule has 0 radical (unpaired) electrons. The Labute approximate surface area is 161 Å². The quantitative estimate of drug-likeness (QED) is 0.426. The van der Waals surface area contributed by atoms with E-state index in [-0.39, 0.29) is 11.5 Å². The van der Waals surface area contributed by atoms with Crippen LogP contribution in [0.25, 0.3) is 5.69 Å². The second kappa shape index (κ2) is 10.8. The first-order chi connectivity index (χ1) is 13.1. The molecule has 0 saturated heterocycles. The van der Waals surface area contributed by atoms with Crippen molar-refractivity contribution in [3.63, 3.8) is 0 Å². The minimum absolute atomic E-state index is 0.0423. The van der Waals surface area contributed by atoms with Gasteiger partial charge in [0, 0.05) is 18.8 Å². The first-order valence-corrected chi connectivity index (χ1v) is 10.1. The molecule has 0 aliphatic heterocycles. The van der Waals surface area contributed by atoms with E-state index in [2.05, 4.69) is 6.92 Å². The van der Waals surface area contributed by atoms with Crippen LogP contribution in [0.3, 0.4) is 0 Å². The molecule has 0 saturated carbocycles. The predicted molar refractivity (Wildman–Crippen MR) is 109 cm³/mol. The molecule has 0 atom stereocenters. The monoisotopic (exact) mass is 372 g/mol. The molecule has 148 valence electrons. The molecule has 0 N–H and O–H groups in total. The number of aromatic nitrogens is 2. The van der Waals surface area contributed by atoms with E-state index in [0.29, 0.717) is 12.2 Å². The molecule has 5 heteroatoms. The number of rotatable bonds is 11. The van der Waals surface area contributed by atoms with Crippen LogP contribution in [-0.4, -0.2) is 21.9 Å². The number of nitrogens with zero attached hydrogens (tertiary/aromatic N) is 2. The molecule has 0 fully saturated rings. The third kappa shape index (κ3) is 5.84. The van der Waals surface area contributed by atoms with Crippen molar-refractivity contribution < 1.29 is 9.53 Å². The van der Waals surface area contributed by atoms with Gasteiger partial charge in [0.1, 0.15) is 0 Å². The van der Waals surface area contributed by atoms with Gasteiger partial charge in [-0.25, -0.2) is 9.48 Å². The van der Waals surface area contributed by atoms with Crippen molar-refractivity contribution in [1.82, 2.24) is 9.36 Å². The van der Waals surface area contributed by atoms with Crippen LogP contribution in [0.2, 0.25) is 0 Å². The maximum atomic E-state index is 12.4. The van der Waals surface area contributed by atoms with Gasteiger partial charge in [0.2, 0.25) is 0 Å². The average Bonchev–Trinajstić information content (AvgIpc) is 2.95. The van der Waals surface area contributed by atoms with Gasteiger partial charge < -0.3 is 4.74 Å². The molecular formula is C22H32N2O3. The average molecular weight is 373 g/mol. The van der Waals surface area contributed by atoms with Crippen molar-refractivity contribution in [2.75, 3.05) is 6.61 Å². The van der Waals surface area contributed by atoms with Crippen molar-refractivity contribution in [2.24, 2.45) is 7.05 Å². The summed E-state index contributed by atoms with van der Waals surface area (Å²) in [6, 6.07) is 8.68. The summed E-state index contributed by atoms with van der Waals surface area (Å²) in [4.78, 5) is 24.2. The first-order valence-electron chi connectivity index (χ1n) is 10.1. The Balaban J connectivity index is 1.98. The summed E-state index contributed by atoms with van der Waals surface area (Å²) in [6.07, 6.45) is 9.72. The fraction of sp³-hybridized carbons (Fsp3) is 0.545. The lowest BCUT2D eigenvalue weighted by molar-refractivity contribution is 0.0526. The lowest BCUT2D eigenvalue weighted by atomic mass is 10.1. The summed E-state index contributed by atoms with van der Waals surface area (Å²) < 4.78 is 8.56. The largest absolute Gasteiger partial charge is 0.462 e. The van der Waals surface area contributed by atoms with Crippen molar-refractivity contribution in [2.45, 2.75) is 65.2 Å². The Morgan fingerprint density at radius 1 is 0.963 bits per heavy atom. The van der Waals surface area contributed by atoms with Gasteiger partial charge in [-0.2, -0.15) is 0 Å². The fourth-order valence-corrected chi connectivity index (χ4v) is 3.32. The molecular weight excluding hydrogens is 340 g/mol. The highest BCUT2D eigenvalue weighted by atomic mass is 16.5. The lowest BCUT2D eigenvalue weighted by Crippen LogP contribution is -2.19. The zero-order valence-corrected chi connectivity index (χ0v) is 16.9. The molecule has 0 aliphatic carbocycles. The number of esters is 1. The molecule has 1 heterocycles. The van der Waals surface area contributed by atoms with Crippen LogP contribution in [0, 0.1) is 0 Å². The first kappa shape index (κ1) is 21.0. The van der Waals surface area contributed by atoms with Crippen molar-refractivity contribution >= 4 is 5.97 Å². The minimum Gasteiger partial charge on any atom is -0.462 e. The Kier molecular flexibility index (Phi) is 8.37. The zero-order chi connectivity index (χ0) is 19.6. The number of ether oxygens (including phenoxy) is 1. The fourth-order valence-electron chi connectivity index (χ4n) is 3.32. The number of hydrogen-bond donors (Lipinski definition) is 0. The van der Waals surface area contributed by atoms with Gasteiger partial charge >= 0.3 is 5.97 Å². The Bertz CT molecular complexity index is 772. The van der Waals surface area contributed by atoms with E-state index in [1.54, 1.807) is 41.9 Å². The van der Waals surface area contributed by atoms with Gasteiger partial charge in [0.05, 0.1) is 17.9 Å². The van der Waals surface area contributed by atoms with Crippen LogP contribution in [0.15, 0.2) is 35.1 Å². The number of carbonyl (C=O) groups is 1. The summed E-state index contributed by atoms with van der Waals surface area (Å²) in [6.45, 7) is 4.36. The van der Waals surface area contributed by atoms with Crippen LogP contribution in [0.4, 0.5) is 0 Å². The molecule has 2 aromatic rings. The van der Waals surface area contributed by atoms with E-state index in [9.17, 15) is 9.59 Å². The molecule has 5 nitrogen and oxygen atoms in total. The van der Waals surface area contributed by atoms with Crippen molar-refractivity contribution in [3.05, 3.63) is 51.9 Å². The second-order valence-electron chi connectivity index (χ2n) is 6.95. The molecule has 27 heavy (non-hydrogen) atoms.